The van der Waals surface area contributed by atoms with Crippen LogP contribution in [0.1, 0.15) is 38.5 Å². The first-order valence-electron chi connectivity index (χ1n) is 7.78. The summed E-state index contributed by atoms with van der Waals surface area (Å²) in [4.78, 5) is 0.121. The smallest absolute Gasteiger partial charge is 0.244 e. The van der Waals surface area contributed by atoms with E-state index in [9.17, 15) is 8.42 Å². The molecule has 1 saturated carbocycles. The fourth-order valence-corrected chi connectivity index (χ4v) is 4.22. The number of ether oxygens (including phenoxy) is 2. The van der Waals surface area contributed by atoms with Crippen LogP contribution in [0.4, 0.5) is 0 Å². The maximum atomic E-state index is 12.4. The fourth-order valence-electron chi connectivity index (χ4n) is 2.97. The third-order valence-corrected chi connectivity index (χ3v) is 5.70. The molecule has 0 unspecified atom stereocenters. The first kappa shape index (κ1) is 17.1. The highest BCUT2D eigenvalue weighted by molar-refractivity contribution is 7.89. The third-order valence-electron chi connectivity index (χ3n) is 4.22. The molecule has 124 valence electrons. The van der Waals surface area contributed by atoms with E-state index in [2.05, 4.69) is 4.72 Å². The lowest BCUT2D eigenvalue weighted by atomic mass is 10.0. The molecule has 0 aromatic heterocycles. The van der Waals surface area contributed by atoms with Gasteiger partial charge in [0.25, 0.3) is 0 Å². The summed E-state index contributed by atoms with van der Waals surface area (Å²) >= 11 is 0. The number of rotatable bonds is 8. The van der Waals surface area contributed by atoms with Crippen molar-refractivity contribution in [3.63, 3.8) is 0 Å². The van der Waals surface area contributed by atoms with Crippen molar-refractivity contribution in [2.24, 2.45) is 5.92 Å². The minimum atomic E-state index is -3.59. The molecule has 0 aliphatic heterocycles. The maximum absolute atomic E-state index is 12.4. The van der Waals surface area contributed by atoms with Crippen molar-refractivity contribution in [2.45, 2.75) is 43.4 Å². The standard InChI is InChI=1S/C16H25NO4S/c1-20-14-9-10-15(21-2)16(12-14)22(18,19)17-11-5-8-13-6-3-4-7-13/h9-10,12-13,17H,3-8,11H2,1-2H3. The van der Waals surface area contributed by atoms with E-state index in [1.165, 1.54) is 46.0 Å². The molecule has 1 aliphatic carbocycles. The fraction of sp³-hybridized carbons (Fsp3) is 0.625. The van der Waals surface area contributed by atoms with Gasteiger partial charge in [-0.1, -0.05) is 25.7 Å². The van der Waals surface area contributed by atoms with Gasteiger partial charge >= 0.3 is 0 Å². The van der Waals surface area contributed by atoms with Crippen LogP contribution in [0.15, 0.2) is 23.1 Å². The minimum absolute atomic E-state index is 0.121. The highest BCUT2D eigenvalue weighted by atomic mass is 32.2. The van der Waals surface area contributed by atoms with Gasteiger partial charge in [-0.05, 0) is 30.9 Å². The Bertz CT molecular complexity index is 580. The Morgan fingerprint density at radius 1 is 1.18 bits per heavy atom. The molecular weight excluding hydrogens is 302 g/mol. The van der Waals surface area contributed by atoms with Gasteiger partial charge in [0.15, 0.2) is 0 Å². The second-order valence-corrected chi connectivity index (χ2v) is 7.44. The largest absolute Gasteiger partial charge is 0.497 e. The molecule has 0 atom stereocenters. The van der Waals surface area contributed by atoms with Gasteiger partial charge in [0.1, 0.15) is 16.4 Å². The van der Waals surface area contributed by atoms with Crippen LogP contribution >= 0.6 is 0 Å². The van der Waals surface area contributed by atoms with Gasteiger partial charge < -0.3 is 9.47 Å². The van der Waals surface area contributed by atoms with E-state index >= 15 is 0 Å². The molecule has 0 bridgehead atoms. The van der Waals surface area contributed by atoms with Crippen LogP contribution in [0.25, 0.3) is 0 Å². The zero-order valence-corrected chi connectivity index (χ0v) is 14.1. The molecule has 0 spiro atoms. The van der Waals surface area contributed by atoms with E-state index in [1.54, 1.807) is 12.1 Å². The third kappa shape index (κ3) is 4.36. The summed E-state index contributed by atoms with van der Waals surface area (Å²) in [7, 11) is -0.620. The second-order valence-electron chi connectivity index (χ2n) is 5.71. The Labute approximate surface area is 133 Å². The summed E-state index contributed by atoms with van der Waals surface area (Å²) in [5, 5.41) is 0. The highest BCUT2D eigenvalue weighted by Gasteiger charge is 2.20. The van der Waals surface area contributed by atoms with Crippen LogP contribution in [0.2, 0.25) is 0 Å². The Hall–Kier alpha value is -1.27. The van der Waals surface area contributed by atoms with E-state index in [0.29, 0.717) is 18.0 Å². The van der Waals surface area contributed by atoms with Gasteiger partial charge in [-0.3, -0.25) is 0 Å². The van der Waals surface area contributed by atoms with E-state index in [4.69, 9.17) is 9.47 Å². The zero-order valence-electron chi connectivity index (χ0n) is 13.3. The van der Waals surface area contributed by atoms with Crippen molar-refractivity contribution in [3.8, 4) is 11.5 Å². The SMILES string of the molecule is COc1ccc(OC)c(S(=O)(=O)NCCCC2CCCC2)c1. The van der Waals surface area contributed by atoms with Gasteiger partial charge in [0, 0.05) is 12.6 Å². The zero-order chi connectivity index (χ0) is 16.0. The molecule has 6 heteroatoms. The predicted octanol–water partition coefficient (Wildman–Crippen LogP) is 2.95. The normalized spacial score (nSPS) is 15.9. The highest BCUT2D eigenvalue weighted by Crippen LogP contribution is 2.29. The van der Waals surface area contributed by atoms with E-state index in [-0.39, 0.29) is 4.90 Å². The molecule has 2 rings (SSSR count). The van der Waals surface area contributed by atoms with Gasteiger partial charge in [-0.2, -0.15) is 0 Å². The lowest BCUT2D eigenvalue weighted by Crippen LogP contribution is -2.25. The van der Waals surface area contributed by atoms with Gasteiger partial charge in [0.2, 0.25) is 10.0 Å². The van der Waals surface area contributed by atoms with Gasteiger partial charge in [0.05, 0.1) is 14.2 Å². The molecule has 1 aliphatic rings. The summed E-state index contributed by atoms with van der Waals surface area (Å²) in [5.41, 5.74) is 0. The van der Waals surface area contributed by atoms with Gasteiger partial charge in [-0.25, -0.2) is 13.1 Å². The van der Waals surface area contributed by atoms with Crippen LogP contribution in [0, 0.1) is 5.92 Å². The number of sulfonamides is 1. The van der Waals surface area contributed by atoms with Crippen molar-refractivity contribution >= 4 is 10.0 Å². The number of hydrogen-bond donors (Lipinski definition) is 1. The molecule has 1 N–H and O–H groups in total. The Balaban J connectivity index is 1.96. The molecule has 0 saturated heterocycles. The van der Waals surface area contributed by atoms with Crippen LogP contribution in [-0.4, -0.2) is 29.2 Å². The summed E-state index contributed by atoms with van der Waals surface area (Å²) < 4.78 is 37.8. The lowest BCUT2D eigenvalue weighted by molar-refractivity contribution is 0.392. The van der Waals surface area contributed by atoms with Crippen LogP contribution in [0.3, 0.4) is 0 Å². The predicted molar refractivity (Wildman–Crippen MR) is 85.9 cm³/mol. The monoisotopic (exact) mass is 327 g/mol. The van der Waals surface area contributed by atoms with Crippen LogP contribution < -0.4 is 14.2 Å². The van der Waals surface area contributed by atoms with E-state index in [0.717, 1.165) is 18.8 Å². The Morgan fingerprint density at radius 2 is 1.91 bits per heavy atom. The average Bonchev–Trinajstić information content (AvgIpc) is 3.04. The van der Waals surface area contributed by atoms with Crippen molar-refractivity contribution in [3.05, 3.63) is 18.2 Å². The summed E-state index contributed by atoms with van der Waals surface area (Å²) in [6, 6.07) is 4.77. The number of benzene rings is 1. The first-order chi connectivity index (χ1) is 10.6. The molecule has 1 aromatic rings. The topological polar surface area (TPSA) is 64.6 Å². The summed E-state index contributed by atoms with van der Waals surface area (Å²) in [6.07, 6.45) is 7.18. The minimum Gasteiger partial charge on any atom is -0.497 e. The van der Waals surface area contributed by atoms with Crippen LogP contribution in [0.5, 0.6) is 11.5 Å². The van der Waals surface area contributed by atoms with Gasteiger partial charge in [-0.15, -0.1) is 0 Å². The quantitative estimate of drug-likeness (QED) is 0.746. The maximum Gasteiger partial charge on any atom is 0.244 e. The van der Waals surface area contributed by atoms with E-state index < -0.39 is 10.0 Å². The number of hydrogen-bond acceptors (Lipinski definition) is 4. The molecule has 5 nitrogen and oxygen atoms in total. The number of methoxy groups -OCH3 is 2. The van der Waals surface area contributed by atoms with Crippen molar-refractivity contribution in [2.75, 3.05) is 20.8 Å². The molecule has 22 heavy (non-hydrogen) atoms. The summed E-state index contributed by atoms with van der Waals surface area (Å²) in [6.45, 7) is 0.458. The molecule has 1 fully saturated rings. The molecule has 0 radical (unpaired) electrons. The van der Waals surface area contributed by atoms with Crippen molar-refractivity contribution in [1.29, 1.82) is 0 Å². The first-order valence-corrected chi connectivity index (χ1v) is 9.27. The molecule has 0 amide bonds. The Morgan fingerprint density at radius 3 is 2.55 bits per heavy atom. The molecule has 0 heterocycles. The molecular formula is C16H25NO4S. The lowest BCUT2D eigenvalue weighted by Gasteiger charge is -2.13. The van der Waals surface area contributed by atoms with Crippen LogP contribution in [-0.2, 0) is 10.0 Å². The molecule has 1 aromatic carbocycles. The second kappa shape index (κ2) is 7.83. The van der Waals surface area contributed by atoms with Crippen molar-refractivity contribution < 1.29 is 17.9 Å². The average molecular weight is 327 g/mol. The Kier molecular flexibility index (Phi) is 6.08. The van der Waals surface area contributed by atoms with E-state index in [1.807, 2.05) is 0 Å². The van der Waals surface area contributed by atoms with Crippen molar-refractivity contribution in [1.82, 2.24) is 4.72 Å². The summed E-state index contributed by atoms with van der Waals surface area (Å²) in [5.74, 6) is 1.59. The number of nitrogens with one attached hydrogen (secondary N) is 1.